The molecule has 6 nitrogen and oxygen atoms in total. The van der Waals surface area contributed by atoms with Crippen molar-refractivity contribution in [1.29, 1.82) is 0 Å². The lowest BCUT2D eigenvalue weighted by Crippen LogP contribution is -2.23. The van der Waals surface area contributed by atoms with E-state index in [-0.39, 0.29) is 11.8 Å². The molecule has 96 valence electrons. The smallest absolute Gasteiger partial charge is 0.371 e. The number of hydrogen-bond donors (Lipinski definition) is 2. The Balaban J connectivity index is 1.83. The summed E-state index contributed by atoms with van der Waals surface area (Å²) in [6, 6.07) is 4.97. The molecule has 0 saturated carbocycles. The third kappa shape index (κ3) is 2.98. The monoisotopic (exact) mass is 249 g/mol. The molecule has 1 atom stereocenters. The normalized spacial score (nSPS) is 12.5. The Morgan fingerprint density at radius 1 is 1.61 bits per heavy atom. The molecular formula is C12H15N3O3. The summed E-state index contributed by atoms with van der Waals surface area (Å²) >= 11 is 0. The van der Waals surface area contributed by atoms with Crippen LogP contribution in [-0.2, 0) is 6.54 Å². The van der Waals surface area contributed by atoms with Crippen LogP contribution in [0.3, 0.4) is 0 Å². The SMILES string of the molecule is CC(NCCn1cccn1)c1ccc(C(=O)O)o1. The van der Waals surface area contributed by atoms with Crippen LogP contribution in [0.1, 0.15) is 29.3 Å². The second-order valence-electron chi connectivity index (χ2n) is 3.95. The van der Waals surface area contributed by atoms with Crippen LogP contribution >= 0.6 is 0 Å². The second kappa shape index (κ2) is 5.50. The largest absolute Gasteiger partial charge is 0.475 e. The van der Waals surface area contributed by atoms with Gasteiger partial charge in [0.25, 0.3) is 0 Å². The van der Waals surface area contributed by atoms with E-state index in [1.54, 1.807) is 12.3 Å². The number of nitrogens with one attached hydrogen (secondary N) is 1. The minimum absolute atomic E-state index is 0.0336. The van der Waals surface area contributed by atoms with Gasteiger partial charge in [0.05, 0.1) is 12.6 Å². The summed E-state index contributed by atoms with van der Waals surface area (Å²) in [5.74, 6) is -0.469. The standard InChI is InChI=1S/C12H15N3O3/c1-9(10-3-4-11(18-10)12(16)17)13-6-8-15-7-2-5-14-15/h2-5,7,9,13H,6,8H2,1H3,(H,16,17). The second-order valence-corrected chi connectivity index (χ2v) is 3.95. The zero-order valence-electron chi connectivity index (χ0n) is 10.0. The van der Waals surface area contributed by atoms with Crippen LogP contribution in [-0.4, -0.2) is 27.4 Å². The zero-order valence-corrected chi connectivity index (χ0v) is 10.0. The van der Waals surface area contributed by atoms with Gasteiger partial charge in [-0.3, -0.25) is 4.68 Å². The average Bonchev–Trinajstić information content (AvgIpc) is 2.99. The van der Waals surface area contributed by atoms with Gasteiger partial charge in [0.2, 0.25) is 5.76 Å². The molecular weight excluding hydrogens is 234 g/mol. The minimum Gasteiger partial charge on any atom is -0.475 e. The molecule has 2 aromatic rings. The van der Waals surface area contributed by atoms with Crippen molar-refractivity contribution in [3.63, 3.8) is 0 Å². The number of hydrogen-bond acceptors (Lipinski definition) is 4. The molecule has 2 aromatic heterocycles. The van der Waals surface area contributed by atoms with E-state index in [2.05, 4.69) is 10.4 Å². The van der Waals surface area contributed by atoms with Gasteiger partial charge in [-0.2, -0.15) is 5.10 Å². The first-order valence-corrected chi connectivity index (χ1v) is 5.70. The Morgan fingerprint density at radius 3 is 3.06 bits per heavy atom. The molecule has 2 rings (SSSR count). The summed E-state index contributed by atoms with van der Waals surface area (Å²) in [6.45, 7) is 3.41. The summed E-state index contributed by atoms with van der Waals surface area (Å²) in [4.78, 5) is 10.7. The van der Waals surface area contributed by atoms with Gasteiger partial charge in [-0.05, 0) is 25.1 Å². The predicted octanol–water partition coefficient (Wildman–Crippen LogP) is 1.53. The molecule has 0 bridgehead atoms. The van der Waals surface area contributed by atoms with Crippen molar-refractivity contribution in [3.8, 4) is 0 Å². The lowest BCUT2D eigenvalue weighted by molar-refractivity contribution is 0.0659. The molecule has 0 spiro atoms. The molecule has 0 aliphatic heterocycles. The Morgan fingerprint density at radius 2 is 2.44 bits per heavy atom. The number of carboxylic acids is 1. The van der Waals surface area contributed by atoms with Crippen molar-refractivity contribution < 1.29 is 14.3 Å². The fourth-order valence-electron chi connectivity index (χ4n) is 1.63. The maximum atomic E-state index is 10.7. The fourth-order valence-corrected chi connectivity index (χ4v) is 1.63. The van der Waals surface area contributed by atoms with Crippen LogP contribution in [0.5, 0.6) is 0 Å². The van der Waals surface area contributed by atoms with Gasteiger partial charge < -0.3 is 14.8 Å². The van der Waals surface area contributed by atoms with E-state index in [0.29, 0.717) is 5.76 Å². The molecule has 0 radical (unpaired) electrons. The summed E-state index contributed by atoms with van der Waals surface area (Å²) in [5, 5.41) is 16.1. The number of aromatic nitrogens is 2. The highest BCUT2D eigenvalue weighted by atomic mass is 16.4. The summed E-state index contributed by atoms with van der Waals surface area (Å²) in [6.07, 6.45) is 3.62. The summed E-state index contributed by atoms with van der Waals surface area (Å²) < 4.78 is 7.03. The molecule has 0 amide bonds. The van der Waals surface area contributed by atoms with Crippen molar-refractivity contribution in [2.75, 3.05) is 6.54 Å². The number of carboxylic acid groups (broad SMARTS) is 1. The molecule has 2 heterocycles. The molecule has 18 heavy (non-hydrogen) atoms. The van der Waals surface area contributed by atoms with E-state index in [1.807, 2.05) is 23.9 Å². The highest BCUT2D eigenvalue weighted by molar-refractivity contribution is 5.84. The van der Waals surface area contributed by atoms with Crippen molar-refractivity contribution in [1.82, 2.24) is 15.1 Å². The van der Waals surface area contributed by atoms with Crippen LogP contribution in [0.25, 0.3) is 0 Å². The van der Waals surface area contributed by atoms with Gasteiger partial charge in [-0.1, -0.05) is 0 Å². The molecule has 0 aliphatic rings. The molecule has 0 saturated heterocycles. The van der Waals surface area contributed by atoms with Gasteiger partial charge in [0, 0.05) is 18.9 Å². The first-order chi connectivity index (χ1) is 8.66. The van der Waals surface area contributed by atoms with Gasteiger partial charge in [-0.15, -0.1) is 0 Å². The van der Waals surface area contributed by atoms with E-state index in [9.17, 15) is 4.79 Å². The quantitative estimate of drug-likeness (QED) is 0.811. The van der Waals surface area contributed by atoms with Gasteiger partial charge in [0.1, 0.15) is 5.76 Å². The average molecular weight is 249 g/mol. The van der Waals surface area contributed by atoms with Gasteiger partial charge in [-0.25, -0.2) is 4.79 Å². The third-order valence-corrected chi connectivity index (χ3v) is 2.61. The first kappa shape index (κ1) is 12.4. The molecule has 0 aliphatic carbocycles. The van der Waals surface area contributed by atoms with Crippen LogP contribution in [0.15, 0.2) is 35.0 Å². The summed E-state index contributed by atoms with van der Waals surface area (Å²) in [7, 11) is 0. The van der Waals surface area contributed by atoms with Crippen molar-refractivity contribution in [2.45, 2.75) is 19.5 Å². The Bertz CT molecular complexity index is 504. The van der Waals surface area contributed by atoms with E-state index in [4.69, 9.17) is 9.52 Å². The maximum absolute atomic E-state index is 10.7. The highest BCUT2D eigenvalue weighted by Gasteiger charge is 2.13. The Kier molecular flexibility index (Phi) is 3.78. The topological polar surface area (TPSA) is 80.3 Å². The molecule has 2 N–H and O–H groups in total. The lowest BCUT2D eigenvalue weighted by atomic mass is 10.2. The van der Waals surface area contributed by atoms with Crippen molar-refractivity contribution in [3.05, 3.63) is 42.1 Å². The number of furan rings is 1. The van der Waals surface area contributed by atoms with Crippen LogP contribution < -0.4 is 5.32 Å². The zero-order chi connectivity index (χ0) is 13.0. The van der Waals surface area contributed by atoms with Gasteiger partial charge in [0.15, 0.2) is 0 Å². The Hall–Kier alpha value is -2.08. The minimum atomic E-state index is -1.05. The Labute approximate surface area is 104 Å². The third-order valence-electron chi connectivity index (χ3n) is 2.61. The number of aromatic carboxylic acids is 1. The van der Waals surface area contributed by atoms with Crippen LogP contribution in [0.2, 0.25) is 0 Å². The van der Waals surface area contributed by atoms with E-state index < -0.39 is 5.97 Å². The summed E-state index contributed by atoms with van der Waals surface area (Å²) in [5.41, 5.74) is 0. The van der Waals surface area contributed by atoms with Crippen molar-refractivity contribution in [2.24, 2.45) is 0 Å². The lowest BCUT2D eigenvalue weighted by Gasteiger charge is -2.11. The molecule has 6 heteroatoms. The van der Waals surface area contributed by atoms with Crippen LogP contribution in [0.4, 0.5) is 0 Å². The number of carbonyl (C=O) groups is 1. The highest BCUT2D eigenvalue weighted by Crippen LogP contribution is 2.15. The van der Waals surface area contributed by atoms with E-state index in [1.165, 1.54) is 6.07 Å². The first-order valence-electron chi connectivity index (χ1n) is 5.70. The van der Waals surface area contributed by atoms with E-state index in [0.717, 1.165) is 13.1 Å². The molecule has 1 unspecified atom stereocenters. The molecule has 0 aromatic carbocycles. The fraction of sp³-hybridized carbons (Fsp3) is 0.333. The predicted molar refractivity (Wildman–Crippen MR) is 64.3 cm³/mol. The number of nitrogens with zero attached hydrogens (tertiary/aromatic N) is 2. The molecule has 0 fully saturated rings. The maximum Gasteiger partial charge on any atom is 0.371 e. The number of rotatable bonds is 6. The van der Waals surface area contributed by atoms with Crippen molar-refractivity contribution >= 4 is 5.97 Å². The van der Waals surface area contributed by atoms with Gasteiger partial charge >= 0.3 is 5.97 Å². The van der Waals surface area contributed by atoms with E-state index >= 15 is 0 Å². The van der Waals surface area contributed by atoms with Crippen LogP contribution in [0, 0.1) is 0 Å².